The minimum Gasteiger partial charge on any atom is -0.459 e. The second-order valence-corrected chi connectivity index (χ2v) is 6.07. The average Bonchev–Trinajstić information content (AvgIpc) is 3.12. The Kier molecular flexibility index (Phi) is 7.06. The zero-order valence-corrected chi connectivity index (χ0v) is 15.3. The molecule has 9 heteroatoms. The van der Waals surface area contributed by atoms with Crippen molar-refractivity contribution in [2.45, 2.75) is 19.4 Å². The van der Waals surface area contributed by atoms with Gasteiger partial charge in [0, 0.05) is 11.6 Å². The highest BCUT2D eigenvalue weighted by Gasteiger charge is 2.19. The van der Waals surface area contributed by atoms with Crippen molar-refractivity contribution in [3.05, 3.63) is 52.4 Å². The van der Waals surface area contributed by atoms with Crippen molar-refractivity contribution >= 4 is 46.7 Å². The number of amides is 2. The van der Waals surface area contributed by atoms with Gasteiger partial charge in [-0.15, -0.1) is 0 Å². The van der Waals surface area contributed by atoms with E-state index in [2.05, 4.69) is 10.6 Å². The van der Waals surface area contributed by atoms with Gasteiger partial charge in [-0.1, -0.05) is 23.2 Å². The Labute approximate surface area is 159 Å². The SMILES string of the molecule is CC(OC(=O)CCNC(=O)c1ccco1)C(=O)Nc1cc(Cl)ccc1Cl. The minimum absolute atomic E-state index is 0.0484. The first-order valence-corrected chi connectivity index (χ1v) is 8.39. The topological polar surface area (TPSA) is 97.6 Å². The van der Waals surface area contributed by atoms with Crippen LogP contribution < -0.4 is 10.6 Å². The molecule has 0 aliphatic carbocycles. The third kappa shape index (κ3) is 5.79. The molecule has 0 fully saturated rings. The molecule has 2 N–H and O–H groups in total. The van der Waals surface area contributed by atoms with Crippen LogP contribution in [0.15, 0.2) is 41.0 Å². The molecule has 2 rings (SSSR count). The Hall–Kier alpha value is -2.51. The summed E-state index contributed by atoms with van der Waals surface area (Å²) in [7, 11) is 0. The van der Waals surface area contributed by atoms with Crippen LogP contribution in [0.2, 0.25) is 10.0 Å². The van der Waals surface area contributed by atoms with E-state index in [1.54, 1.807) is 12.1 Å². The molecular formula is C17H16Cl2N2O5. The van der Waals surface area contributed by atoms with Crippen LogP contribution in [-0.2, 0) is 14.3 Å². The first-order valence-electron chi connectivity index (χ1n) is 7.64. The Morgan fingerprint density at radius 2 is 2.00 bits per heavy atom. The van der Waals surface area contributed by atoms with E-state index in [1.807, 2.05) is 0 Å². The highest BCUT2D eigenvalue weighted by Crippen LogP contribution is 2.25. The van der Waals surface area contributed by atoms with E-state index in [-0.39, 0.29) is 18.7 Å². The van der Waals surface area contributed by atoms with Gasteiger partial charge in [0.1, 0.15) is 0 Å². The Balaban J connectivity index is 1.76. The molecule has 1 aromatic carbocycles. The van der Waals surface area contributed by atoms with Crippen LogP contribution in [0.25, 0.3) is 0 Å². The maximum Gasteiger partial charge on any atom is 0.308 e. The molecule has 138 valence electrons. The van der Waals surface area contributed by atoms with Gasteiger partial charge in [0.15, 0.2) is 11.9 Å². The lowest BCUT2D eigenvalue weighted by Crippen LogP contribution is -2.32. The van der Waals surface area contributed by atoms with E-state index in [4.69, 9.17) is 32.4 Å². The van der Waals surface area contributed by atoms with E-state index in [0.717, 1.165) is 0 Å². The minimum atomic E-state index is -1.04. The smallest absolute Gasteiger partial charge is 0.308 e. The fourth-order valence-electron chi connectivity index (χ4n) is 1.91. The number of rotatable bonds is 7. The number of furan rings is 1. The van der Waals surface area contributed by atoms with Gasteiger partial charge in [-0.2, -0.15) is 0 Å². The first-order chi connectivity index (χ1) is 12.4. The summed E-state index contributed by atoms with van der Waals surface area (Å²) in [6, 6.07) is 7.69. The van der Waals surface area contributed by atoms with Gasteiger partial charge in [-0.25, -0.2) is 0 Å². The van der Waals surface area contributed by atoms with Crippen molar-refractivity contribution in [1.82, 2.24) is 5.32 Å². The second-order valence-electron chi connectivity index (χ2n) is 5.23. The summed E-state index contributed by atoms with van der Waals surface area (Å²) in [5, 5.41) is 5.75. The molecule has 2 amide bonds. The lowest BCUT2D eigenvalue weighted by molar-refractivity contribution is -0.153. The molecule has 0 aliphatic rings. The van der Waals surface area contributed by atoms with Crippen LogP contribution in [0.4, 0.5) is 5.69 Å². The molecule has 1 unspecified atom stereocenters. The number of esters is 1. The van der Waals surface area contributed by atoms with Crippen molar-refractivity contribution in [2.75, 3.05) is 11.9 Å². The Morgan fingerprint density at radius 1 is 1.23 bits per heavy atom. The molecule has 0 aliphatic heterocycles. The fraction of sp³-hybridized carbons (Fsp3) is 0.235. The van der Waals surface area contributed by atoms with E-state index < -0.39 is 23.9 Å². The fourth-order valence-corrected chi connectivity index (χ4v) is 2.25. The highest BCUT2D eigenvalue weighted by atomic mass is 35.5. The van der Waals surface area contributed by atoms with E-state index >= 15 is 0 Å². The van der Waals surface area contributed by atoms with Gasteiger partial charge in [-0.05, 0) is 37.3 Å². The summed E-state index contributed by atoms with van der Waals surface area (Å²) < 4.78 is 9.95. The number of halogens is 2. The third-order valence-corrected chi connectivity index (χ3v) is 3.79. The number of nitrogens with one attached hydrogen (secondary N) is 2. The van der Waals surface area contributed by atoms with Crippen LogP contribution >= 0.6 is 23.2 Å². The van der Waals surface area contributed by atoms with Crippen molar-refractivity contribution in [3.63, 3.8) is 0 Å². The molecular weight excluding hydrogens is 383 g/mol. The molecule has 1 aromatic heterocycles. The van der Waals surface area contributed by atoms with Gasteiger partial charge in [-0.3, -0.25) is 14.4 Å². The quantitative estimate of drug-likeness (QED) is 0.697. The van der Waals surface area contributed by atoms with Gasteiger partial charge in [0.05, 0.1) is 23.4 Å². The van der Waals surface area contributed by atoms with E-state index in [1.165, 1.54) is 31.4 Å². The second kappa shape index (κ2) is 9.26. The predicted molar refractivity (Wildman–Crippen MR) is 96.3 cm³/mol. The highest BCUT2D eigenvalue weighted by molar-refractivity contribution is 6.35. The number of hydrogen-bond donors (Lipinski definition) is 2. The normalized spacial score (nSPS) is 11.5. The van der Waals surface area contributed by atoms with Crippen molar-refractivity contribution < 1.29 is 23.5 Å². The summed E-state index contributed by atoms with van der Waals surface area (Å²) >= 11 is 11.8. The van der Waals surface area contributed by atoms with Crippen LogP contribution in [0.3, 0.4) is 0 Å². The molecule has 0 radical (unpaired) electrons. The van der Waals surface area contributed by atoms with Crippen molar-refractivity contribution in [1.29, 1.82) is 0 Å². The lowest BCUT2D eigenvalue weighted by Gasteiger charge is -2.14. The van der Waals surface area contributed by atoms with Gasteiger partial charge >= 0.3 is 5.97 Å². The zero-order valence-electron chi connectivity index (χ0n) is 13.8. The molecule has 26 heavy (non-hydrogen) atoms. The largest absolute Gasteiger partial charge is 0.459 e. The summed E-state index contributed by atoms with van der Waals surface area (Å²) in [5.74, 6) is -1.49. The summed E-state index contributed by atoms with van der Waals surface area (Å²) in [6.45, 7) is 1.47. The van der Waals surface area contributed by atoms with E-state index in [9.17, 15) is 14.4 Å². The van der Waals surface area contributed by atoms with Crippen LogP contribution in [-0.4, -0.2) is 30.4 Å². The summed E-state index contributed by atoms with van der Waals surface area (Å²) in [6.07, 6.45) is 0.232. The number of hydrogen-bond acceptors (Lipinski definition) is 5. The van der Waals surface area contributed by atoms with Gasteiger partial charge < -0.3 is 19.8 Å². The number of carbonyl (C=O) groups is 3. The molecule has 7 nitrogen and oxygen atoms in total. The number of carbonyl (C=O) groups excluding carboxylic acids is 3. The molecule has 0 spiro atoms. The van der Waals surface area contributed by atoms with Crippen LogP contribution in [0, 0.1) is 0 Å². The Morgan fingerprint density at radius 3 is 2.69 bits per heavy atom. The van der Waals surface area contributed by atoms with Crippen LogP contribution in [0.1, 0.15) is 23.9 Å². The first kappa shape index (κ1) is 19.8. The predicted octanol–water partition coefficient (Wildman–Crippen LogP) is 3.28. The molecule has 1 atom stereocenters. The number of benzene rings is 1. The van der Waals surface area contributed by atoms with Crippen LogP contribution in [0.5, 0.6) is 0 Å². The molecule has 2 aromatic rings. The van der Waals surface area contributed by atoms with E-state index in [0.29, 0.717) is 15.7 Å². The molecule has 0 saturated carbocycles. The maximum absolute atomic E-state index is 12.1. The van der Waals surface area contributed by atoms with Crippen molar-refractivity contribution in [3.8, 4) is 0 Å². The molecule has 0 bridgehead atoms. The average molecular weight is 399 g/mol. The third-order valence-electron chi connectivity index (χ3n) is 3.22. The Bertz CT molecular complexity index is 792. The monoisotopic (exact) mass is 398 g/mol. The standard InChI is InChI=1S/C17H16Cl2N2O5/c1-10(16(23)21-13-9-11(18)4-5-12(13)19)26-15(22)6-7-20-17(24)14-3-2-8-25-14/h2-5,8-10H,6-7H2,1H3,(H,20,24)(H,21,23). The number of ether oxygens (including phenoxy) is 1. The zero-order chi connectivity index (χ0) is 19.1. The number of anilines is 1. The lowest BCUT2D eigenvalue weighted by atomic mass is 10.3. The van der Waals surface area contributed by atoms with Gasteiger partial charge in [0.25, 0.3) is 11.8 Å². The maximum atomic E-state index is 12.1. The van der Waals surface area contributed by atoms with Gasteiger partial charge in [0.2, 0.25) is 0 Å². The molecule has 0 saturated heterocycles. The summed E-state index contributed by atoms with van der Waals surface area (Å²) in [5.41, 5.74) is 0.317. The van der Waals surface area contributed by atoms with Crippen molar-refractivity contribution in [2.24, 2.45) is 0 Å². The molecule has 1 heterocycles. The summed E-state index contributed by atoms with van der Waals surface area (Å²) in [4.78, 5) is 35.5.